The van der Waals surface area contributed by atoms with Gasteiger partial charge in [0, 0.05) is 17.3 Å². The van der Waals surface area contributed by atoms with E-state index in [-0.39, 0.29) is 0 Å². The van der Waals surface area contributed by atoms with Crippen LogP contribution < -0.4 is 5.32 Å². The lowest BCUT2D eigenvalue weighted by atomic mass is 9.72. The molecule has 0 heterocycles. The van der Waals surface area contributed by atoms with Gasteiger partial charge in [-0.2, -0.15) is 11.8 Å². The minimum Gasteiger partial charge on any atom is -0.310 e. The summed E-state index contributed by atoms with van der Waals surface area (Å²) >= 11 is 2.08. The lowest BCUT2D eigenvalue weighted by molar-refractivity contribution is 0.147. The van der Waals surface area contributed by atoms with E-state index >= 15 is 0 Å². The largest absolute Gasteiger partial charge is 0.310 e. The van der Waals surface area contributed by atoms with Gasteiger partial charge in [0.05, 0.1) is 0 Å². The van der Waals surface area contributed by atoms with Gasteiger partial charge in [-0.15, -0.1) is 0 Å². The molecule has 3 atom stereocenters. The molecule has 2 heteroatoms. The van der Waals surface area contributed by atoms with E-state index < -0.39 is 0 Å². The lowest BCUT2D eigenvalue weighted by Gasteiger charge is -2.43. The third kappa shape index (κ3) is 3.41. The van der Waals surface area contributed by atoms with Crippen molar-refractivity contribution in [1.29, 1.82) is 0 Å². The summed E-state index contributed by atoms with van der Waals surface area (Å²) in [6, 6.07) is 1.54. The van der Waals surface area contributed by atoms with Gasteiger partial charge in [-0.3, -0.25) is 0 Å². The standard InChI is InChI=1S/C15H29NS/c1-15(2)11-7-6-10-14(15)16-12-8-4-5-9-13(12)17-3/h12-14,16H,4-11H2,1-3H3. The number of hydrogen-bond donors (Lipinski definition) is 1. The molecule has 100 valence electrons. The molecule has 3 unspecified atom stereocenters. The van der Waals surface area contributed by atoms with Crippen LogP contribution in [0.2, 0.25) is 0 Å². The molecule has 0 aromatic carbocycles. The van der Waals surface area contributed by atoms with Crippen LogP contribution in [0.3, 0.4) is 0 Å². The monoisotopic (exact) mass is 255 g/mol. The molecule has 2 rings (SSSR count). The summed E-state index contributed by atoms with van der Waals surface area (Å²) < 4.78 is 0. The maximum Gasteiger partial charge on any atom is 0.0198 e. The second kappa shape index (κ2) is 5.97. The van der Waals surface area contributed by atoms with Crippen LogP contribution >= 0.6 is 11.8 Å². The minimum absolute atomic E-state index is 0.513. The molecular weight excluding hydrogens is 226 g/mol. The van der Waals surface area contributed by atoms with Crippen LogP contribution in [-0.4, -0.2) is 23.6 Å². The molecule has 0 aliphatic heterocycles. The van der Waals surface area contributed by atoms with Gasteiger partial charge in [0.15, 0.2) is 0 Å². The van der Waals surface area contributed by atoms with Crippen LogP contribution in [0, 0.1) is 5.41 Å². The topological polar surface area (TPSA) is 12.0 Å². The van der Waals surface area contributed by atoms with Crippen molar-refractivity contribution in [2.45, 2.75) is 82.5 Å². The van der Waals surface area contributed by atoms with Crippen molar-refractivity contribution in [1.82, 2.24) is 5.32 Å². The lowest BCUT2D eigenvalue weighted by Crippen LogP contribution is -2.52. The summed E-state index contributed by atoms with van der Waals surface area (Å²) in [5.41, 5.74) is 0.513. The van der Waals surface area contributed by atoms with E-state index in [0.717, 1.165) is 17.3 Å². The van der Waals surface area contributed by atoms with E-state index in [1.54, 1.807) is 0 Å². The van der Waals surface area contributed by atoms with Gasteiger partial charge >= 0.3 is 0 Å². The Morgan fingerprint density at radius 2 is 1.71 bits per heavy atom. The molecule has 0 amide bonds. The zero-order valence-electron chi connectivity index (χ0n) is 11.8. The highest BCUT2D eigenvalue weighted by Crippen LogP contribution is 2.37. The van der Waals surface area contributed by atoms with Gasteiger partial charge < -0.3 is 5.32 Å². The molecule has 17 heavy (non-hydrogen) atoms. The van der Waals surface area contributed by atoms with Crippen LogP contribution in [0.4, 0.5) is 0 Å². The molecule has 0 aromatic heterocycles. The molecular formula is C15H29NS. The number of nitrogens with one attached hydrogen (secondary N) is 1. The molecule has 0 aromatic rings. The van der Waals surface area contributed by atoms with Gasteiger partial charge in [-0.25, -0.2) is 0 Å². The molecule has 0 spiro atoms. The molecule has 0 radical (unpaired) electrons. The Balaban J connectivity index is 1.93. The van der Waals surface area contributed by atoms with Crippen molar-refractivity contribution in [3.8, 4) is 0 Å². The van der Waals surface area contributed by atoms with Crippen molar-refractivity contribution in [2.24, 2.45) is 5.41 Å². The zero-order chi connectivity index (χ0) is 12.3. The Morgan fingerprint density at radius 1 is 1.00 bits per heavy atom. The van der Waals surface area contributed by atoms with Crippen LogP contribution in [-0.2, 0) is 0 Å². The summed E-state index contributed by atoms with van der Waals surface area (Å²) in [6.07, 6.45) is 13.6. The first-order valence-corrected chi connectivity index (χ1v) is 8.71. The first kappa shape index (κ1) is 13.7. The van der Waals surface area contributed by atoms with Crippen LogP contribution in [0.1, 0.15) is 65.2 Å². The highest BCUT2D eigenvalue weighted by atomic mass is 32.2. The fourth-order valence-electron chi connectivity index (χ4n) is 3.63. The smallest absolute Gasteiger partial charge is 0.0198 e. The maximum atomic E-state index is 4.03. The summed E-state index contributed by atoms with van der Waals surface area (Å²) in [5.74, 6) is 0. The van der Waals surface area contributed by atoms with Gasteiger partial charge in [0.25, 0.3) is 0 Å². The third-order valence-electron chi connectivity index (χ3n) is 4.93. The molecule has 2 fully saturated rings. The Hall–Kier alpha value is 0.310. The molecule has 0 saturated heterocycles. The zero-order valence-corrected chi connectivity index (χ0v) is 12.6. The average molecular weight is 255 g/mol. The Morgan fingerprint density at radius 3 is 2.41 bits per heavy atom. The Labute approximate surface area is 112 Å². The highest BCUT2D eigenvalue weighted by Gasteiger charge is 2.35. The summed E-state index contributed by atoms with van der Waals surface area (Å²) in [6.45, 7) is 4.92. The van der Waals surface area contributed by atoms with Crippen molar-refractivity contribution < 1.29 is 0 Å². The predicted octanol–water partition coefficient (Wildman–Crippen LogP) is 4.22. The van der Waals surface area contributed by atoms with Gasteiger partial charge in [-0.1, -0.05) is 39.5 Å². The SMILES string of the molecule is CSC1CCCCC1NC1CCCCC1(C)C. The first-order valence-electron chi connectivity index (χ1n) is 7.42. The van der Waals surface area contributed by atoms with E-state index in [9.17, 15) is 0 Å². The number of hydrogen-bond acceptors (Lipinski definition) is 2. The van der Waals surface area contributed by atoms with Crippen molar-refractivity contribution in [2.75, 3.05) is 6.26 Å². The molecule has 2 saturated carbocycles. The van der Waals surface area contributed by atoms with E-state index in [2.05, 4.69) is 37.2 Å². The maximum absolute atomic E-state index is 4.03. The van der Waals surface area contributed by atoms with E-state index in [0.29, 0.717) is 5.41 Å². The fraction of sp³-hybridized carbons (Fsp3) is 1.00. The highest BCUT2D eigenvalue weighted by molar-refractivity contribution is 7.99. The first-order chi connectivity index (χ1) is 8.13. The van der Waals surface area contributed by atoms with Gasteiger partial charge in [0.1, 0.15) is 0 Å². The van der Waals surface area contributed by atoms with Crippen molar-refractivity contribution >= 4 is 11.8 Å². The summed E-state index contributed by atoms with van der Waals surface area (Å²) in [4.78, 5) is 0. The molecule has 0 bridgehead atoms. The Kier molecular flexibility index (Phi) is 4.82. The third-order valence-corrected chi connectivity index (χ3v) is 6.10. The molecule has 1 N–H and O–H groups in total. The van der Waals surface area contributed by atoms with Crippen LogP contribution in [0.5, 0.6) is 0 Å². The average Bonchev–Trinajstić information content (AvgIpc) is 2.32. The molecule has 2 aliphatic rings. The van der Waals surface area contributed by atoms with E-state index in [1.165, 1.54) is 51.4 Å². The second-order valence-electron chi connectivity index (χ2n) is 6.62. The van der Waals surface area contributed by atoms with Gasteiger partial charge in [-0.05, 0) is 37.4 Å². The molecule has 2 aliphatic carbocycles. The van der Waals surface area contributed by atoms with E-state index in [1.807, 2.05) is 0 Å². The van der Waals surface area contributed by atoms with Crippen LogP contribution in [0.25, 0.3) is 0 Å². The summed E-state index contributed by atoms with van der Waals surface area (Å²) in [5, 5.41) is 4.89. The van der Waals surface area contributed by atoms with Crippen molar-refractivity contribution in [3.63, 3.8) is 0 Å². The van der Waals surface area contributed by atoms with Gasteiger partial charge in [0.2, 0.25) is 0 Å². The van der Waals surface area contributed by atoms with Crippen molar-refractivity contribution in [3.05, 3.63) is 0 Å². The quantitative estimate of drug-likeness (QED) is 0.810. The minimum atomic E-state index is 0.513. The fourth-order valence-corrected chi connectivity index (χ4v) is 4.58. The van der Waals surface area contributed by atoms with Crippen LogP contribution in [0.15, 0.2) is 0 Å². The normalized spacial score (nSPS) is 37.9. The Bertz CT molecular complexity index is 239. The molecule has 1 nitrogen and oxygen atoms in total. The second-order valence-corrected chi connectivity index (χ2v) is 7.70. The predicted molar refractivity (Wildman–Crippen MR) is 78.7 cm³/mol. The summed E-state index contributed by atoms with van der Waals surface area (Å²) in [7, 11) is 0. The number of rotatable bonds is 3. The van der Waals surface area contributed by atoms with E-state index in [4.69, 9.17) is 0 Å². The number of thioether (sulfide) groups is 1.